The number of halogens is 6. The predicted octanol–water partition coefficient (Wildman–Crippen LogP) is 5.07. The Labute approximate surface area is 219 Å². The number of amides is 3. The second-order valence-corrected chi connectivity index (χ2v) is 12.7. The summed E-state index contributed by atoms with van der Waals surface area (Å²) in [6, 6.07) is 0. The molecule has 0 N–H and O–H groups in total. The molecule has 0 aromatic carbocycles. The zero-order valence-electron chi connectivity index (χ0n) is 17.4. The Morgan fingerprint density at radius 3 is 1.16 bits per heavy atom. The van der Waals surface area contributed by atoms with Crippen LogP contribution in [0.25, 0.3) is 0 Å². The number of carbonyl (C=O) groups is 3. The maximum Gasteiger partial charge on any atom is 0.498 e. The predicted molar refractivity (Wildman–Crippen MR) is 130 cm³/mol. The van der Waals surface area contributed by atoms with Gasteiger partial charge < -0.3 is 23.7 Å². The lowest BCUT2D eigenvalue weighted by Crippen LogP contribution is -2.26. The number of likely N-dealkylation sites (N-methyl/N-ethyl adjacent to an activating group) is 3. The molecule has 0 aliphatic heterocycles. The lowest BCUT2D eigenvalue weighted by Gasteiger charge is -2.24. The second-order valence-electron chi connectivity index (χ2n) is 6.09. The molecule has 0 heterocycles. The van der Waals surface area contributed by atoms with E-state index < -0.39 is 54.4 Å². The Bertz CT molecular complexity index is 795. The molecule has 0 radical (unpaired) electrons. The van der Waals surface area contributed by atoms with Gasteiger partial charge in [0.25, 0.3) is 17.7 Å². The van der Waals surface area contributed by atoms with Gasteiger partial charge in [-0.05, 0) is 0 Å². The van der Waals surface area contributed by atoms with Gasteiger partial charge in [0, 0.05) is 53.7 Å². The molecule has 0 saturated carbocycles. The zero-order valence-corrected chi connectivity index (χ0v) is 23.7. The molecule has 0 aromatic heterocycles. The first-order valence-electron chi connectivity index (χ1n) is 7.94. The van der Waals surface area contributed by atoms with E-state index in [-0.39, 0.29) is 11.4 Å². The average Bonchev–Trinajstić information content (AvgIpc) is 2.66. The maximum atomic E-state index is 13.7. The minimum atomic E-state index is -4.84. The molecule has 17 heteroatoms. The van der Waals surface area contributed by atoms with Crippen molar-refractivity contribution in [3.63, 3.8) is 0 Å². The van der Waals surface area contributed by atoms with Gasteiger partial charge in [0.15, 0.2) is 8.98 Å². The number of carbonyl (C=O) groups excluding carboxylic acids is 3. The van der Waals surface area contributed by atoms with Crippen molar-refractivity contribution in [3.8, 4) is 0 Å². The van der Waals surface area contributed by atoms with E-state index in [0.29, 0.717) is 0 Å². The van der Waals surface area contributed by atoms with Crippen molar-refractivity contribution in [2.24, 2.45) is 0 Å². The van der Waals surface area contributed by atoms with E-state index in [2.05, 4.69) is 0 Å². The average molecular weight is 612 g/mol. The Morgan fingerprint density at radius 1 is 0.625 bits per heavy atom. The Hall–Kier alpha value is -0.450. The summed E-state index contributed by atoms with van der Waals surface area (Å²) in [5.41, 5.74) is 0. The smallest absolute Gasteiger partial charge is 0.400 e. The van der Waals surface area contributed by atoms with Crippen LogP contribution in [0.4, 0.5) is 0 Å². The number of rotatable bonds is 9. The molecule has 0 rings (SSSR count). The van der Waals surface area contributed by atoms with E-state index in [4.69, 9.17) is 78.7 Å². The van der Waals surface area contributed by atoms with Crippen molar-refractivity contribution in [3.05, 3.63) is 29.9 Å². The van der Waals surface area contributed by atoms with Crippen LogP contribution in [-0.4, -0.2) is 74.7 Å². The molecule has 0 spiro atoms. The van der Waals surface area contributed by atoms with Gasteiger partial charge in [-0.25, -0.2) is 4.57 Å². The van der Waals surface area contributed by atoms with Gasteiger partial charge in [-0.15, -0.1) is 0 Å². The Morgan fingerprint density at radius 2 is 0.938 bits per heavy atom. The van der Waals surface area contributed by atoms with Crippen molar-refractivity contribution in [2.45, 2.75) is 0 Å². The summed E-state index contributed by atoms with van der Waals surface area (Å²) in [6.45, 7) is -4.84. The van der Waals surface area contributed by atoms with E-state index in [0.717, 1.165) is 14.7 Å². The van der Waals surface area contributed by atoms with Crippen molar-refractivity contribution in [1.82, 2.24) is 14.7 Å². The van der Waals surface area contributed by atoms with Crippen LogP contribution in [0.1, 0.15) is 0 Å². The van der Waals surface area contributed by atoms with Gasteiger partial charge in [-0.1, -0.05) is 69.6 Å². The third kappa shape index (κ3) is 9.43. The van der Waals surface area contributed by atoms with E-state index in [1.165, 1.54) is 42.3 Å². The summed E-state index contributed by atoms with van der Waals surface area (Å²) in [5.74, 6) is -4.28. The summed E-state index contributed by atoms with van der Waals surface area (Å²) in [7, 11) is 8.03. The molecule has 182 valence electrons. The van der Waals surface area contributed by atoms with Crippen LogP contribution in [0.15, 0.2) is 29.9 Å². The lowest BCUT2D eigenvalue weighted by atomic mass is 10.5. The Kier molecular flexibility index (Phi) is 13.3. The topological polar surface area (TPSA) is 96.5 Å². The van der Waals surface area contributed by atoms with Crippen LogP contribution in [0, 0.1) is 0 Å². The highest BCUT2D eigenvalue weighted by molar-refractivity contribution is 8.57. The number of nitrogens with zero attached hydrogens (tertiary/aromatic N) is 3. The largest absolute Gasteiger partial charge is 0.498 e. The first kappa shape index (κ1) is 31.6. The molecule has 0 atom stereocenters. The summed E-state index contributed by atoms with van der Waals surface area (Å²) >= 11 is 34.5. The lowest BCUT2D eigenvalue weighted by molar-refractivity contribution is -0.127. The van der Waals surface area contributed by atoms with Gasteiger partial charge in [0.05, 0.1) is 0 Å². The molecular formula is C15H18Cl6N3O6PS. The second kappa shape index (κ2) is 13.4. The summed E-state index contributed by atoms with van der Waals surface area (Å²) in [6.07, 6.45) is 0. The van der Waals surface area contributed by atoms with Crippen LogP contribution in [0.2, 0.25) is 0 Å². The molecular weight excluding hydrogens is 594 g/mol. The van der Waals surface area contributed by atoms with Gasteiger partial charge in [-0.3, -0.25) is 14.4 Å². The molecule has 0 bridgehead atoms. The minimum absolute atomic E-state index is 0.0777. The normalized spacial score (nSPS) is 10.5. The number of hydrogen-bond acceptors (Lipinski definition) is 7. The van der Waals surface area contributed by atoms with Gasteiger partial charge in [-0.2, -0.15) is 0 Å². The van der Waals surface area contributed by atoms with Gasteiger partial charge >= 0.3 is 6.80 Å². The standard InChI is InChI=1S/C15H18Cl6N3O6PS/c1-22(2)13(25)7(10(16)17)29-31(28,30-8(11(18)19)14(26)23(3)4)32-9(12(20)21)15(27)24(5)6/h1-6H3. The molecule has 0 aromatic rings. The van der Waals surface area contributed by atoms with Crippen molar-refractivity contribution in [2.75, 3.05) is 42.3 Å². The first-order chi connectivity index (χ1) is 14.4. The zero-order chi connectivity index (χ0) is 25.5. The fourth-order valence-electron chi connectivity index (χ4n) is 1.46. The SMILES string of the molecule is CN(C)C(=O)C(OP(=O)(OC(C(=O)N(C)C)=C(Cl)Cl)SC(C(=O)N(C)C)=C(Cl)Cl)=C(Cl)Cl. The Balaban J connectivity index is 6.74. The number of hydrogen-bond donors (Lipinski definition) is 0. The van der Waals surface area contributed by atoms with Crippen LogP contribution in [0.5, 0.6) is 0 Å². The molecule has 3 amide bonds. The highest BCUT2D eigenvalue weighted by atomic mass is 35.5. The fourth-order valence-corrected chi connectivity index (χ4v) is 6.17. The van der Waals surface area contributed by atoms with Crippen LogP contribution >= 0.6 is 87.8 Å². The van der Waals surface area contributed by atoms with Crippen LogP contribution in [0.3, 0.4) is 0 Å². The molecule has 0 fully saturated rings. The van der Waals surface area contributed by atoms with Crippen molar-refractivity contribution < 1.29 is 28.0 Å². The summed E-state index contributed by atoms with van der Waals surface area (Å²) in [4.78, 5) is 39.8. The van der Waals surface area contributed by atoms with Crippen LogP contribution in [-0.2, 0) is 28.0 Å². The summed E-state index contributed by atoms with van der Waals surface area (Å²) in [5, 5.41) is 0. The van der Waals surface area contributed by atoms with E-state index in [1.807, 2.05) is 0 Å². The van der Waals surface area contributed by atoms with E-state index in [9.17, 15) is 18.9 Å². The monoisotopic (exact) mass is 609 g/mol. The third-order valence-electron chi connectivity index (χ3n) is 2.93. The van der Waals surface area contributed by atoms with Crippen LogP contribution < -0.4 is 0 Å². The first-order valence-corrected chi connectivity index (χ1v) is 13.2. The highest BCUT2D eigenvalue weighted by Gasteiger charge is 2.41. The highest BCUT2D eigenvalue weighted by Crippen LogP contribution is 2.67. The minimum Gasteiger partial charge on any atom is -0.400 e. The summed E-state index contributed by atoms with van der Waals surface area (Å²) < 4.78 is 22.1. The fraction of sp³-hybridized carbons (Fsp3) is 0.400. The van der Waals surface area contributed by atoms with Crippen molar-refractivity contribution in [1.29, 1.82) is 0 Å². The molecule has 0 aliphatic carbocycles. The maximum absolute atomic E-state index is 13.7. The molecule has 0 aliphatic rings. The van der Waals surface area contributed by atoms with E-state index in [1.54, 1.807) is 0 Å². The van der Waals surface area contributed by atoms with Gasteiger partial charge in [0.2, 0.25) is 11.5 Å². The third-order valence-corrected chi connectivity index (χ3v) is 7.48. The van der Waals surface area contributed by atoms with Gasteiger partial charge in [0.1, 0.15) is 9.40 Å². The van der Waals surface area contributed by atoms with Crippen molar-refractivity contribution >= 4 is 106 Å². The quantitative estimate of drug-likeness (QED) is 0.204. The molecule has 32 heavy (non-hydrogen) atoms. The molecule has 0 unspecified atom stereocenters. The molecule has 0 saturated heterocycles. The van der Waals surface area contributed by atoms with E-state index >= 15 is 0 Å². The molecule has 9 nitrogen and oxygen atoms in total.